The van der Waals surface area contributed by atoms with Gasteiger partial charge in [-0.15, -0.1) is 11.3 Å². The first-order chi connectivity index (χ1) is 12.3. The molecule has 0 radical (unpaired) electrons. The second kappa shape index (κ2) is 8.52. The SMILES string of the molecule is CCOC(=O)c1cc(N(CC(=O)OC)S(=O)(=O)c2cccs2)ccc1Cl. The molecule has 1 aromatic heterocycles. The molecule has 0 saturated carbocycles. The number of methoxy groups -OCH3 is 1. The maximum atomic E-state index is 12.9. The molecule has 7 nitrogen and oxygen atoms in total. The molecule has 0 amide bonds. The van der Waals surface area contributed by atoms with Crippen molar-refractivity contribution in [3.05, 3.63) is 46.3 Å². The highest BCUT2D eigenvalue weighted by Crippen LogP contribution is 2.30. The first-order valence-electron chi connectivity index (χ1n) is 7.41. The van der Waals surface area contributed by atoms with Crippen LogP contribution in [0.3, 0.4) is 0 Å². The van der Waals surface area contributed by atoms with E-state index in [2.05, 4.69) is 4.74 Å². The highest BCUT2D eigenvalue weighted by atomic mass is 35.5. The number of ether oxygens (including phenoxy) is 2. The largest absolute Gasteiger partial charge is 0.468 e. The van der Waals surface area contributed by atoms with E-state index in [0.29, 0.717) is 0 Å². The number of rotatable bonds is 7. The van der Waals surface area contributed by atoms with E-state index < -0.39 is 28.5 Å². The molecular weight excluding hydrogens is 402 g/mol. The van der Waals surface area contributed by atoms with Crippen molar-refractivity contribution in [3.63, 3.8) is 0 Å². The Morgan fingerprint density at radius 1 is 1.27 bits per heavy atom. The van der Waals surface area contributed by atoms with Gasteiger partial charge in [0.15, 0.2) is 0 Å². The smallest absolute Gasteiger partial charge is 0.339 e. The van der Waals surface area contributed by atoms with Crippen molar-refractivity contribution in [2.75, 3.05) is 24.6 Å². The van der Waals surface area contributed by atoms with Crippen molar-refractivity contribution in [1.82, 2.24) is 0 Å². The number of hydrogen-bond acceptors (Lipinski definition) is 7. The average molecular weight is 418 g/mol. The van der Waals surface area contributed by atoms with Gasteiger partial charge < -0.3 is 9.47 Å². The zero-order valence-electron chi connectivity index (χ0n) is 14.0. The number of esters is 2. The van der Waals surface area contributed by atoms with Crippen molar-refractivity contribution < 1.29 is 27.5 Å². The molecule has 0 aliphatic heterocycles. The van der Waals surface area contributed by atoms with Crippen LogP contribution in [0.15, 0.2) is 39.9 Å². The summed E-state index contributed by atoms with van der Waals surface area (Å²) in [6.07, 6.45) is 0. The molecule has 0 atom stereocenters. The van der Waals surface area contributed by atoms with Crippen molar-refractivity contribution in [3.8, 4) is 0 Å². The summed E-state index contributed by atoms with van der Waals surface area (Å²) in [6, 6.07) is 7.05. The topological polar surface area (TPSA) is 90.0 Å². The van der Waals surface area contributed by atoms with E-state index in [9.17, 15) is 18.0 Å². The number of anilines is 1. The quantitative estimate of drug-likeness (QED) is 0.643. The number of carbonyl (C=O) groups is 2. The fourth-order valence-electron chi connectivity index (χ4n) is 2.05. The standard InChI is InChI=1S/C16H16ClNO6S2/c1-3-24-16(20)12-9-11(6-7-13(12)17)18(10-14(19)23-2)26(21,22)15-5-4-8-25-15/h4-9H,3,10H2,1-2H3. The fraction of sp³-hybridized carbons (Fsp3) is 0.250. The first kappa shape index (κ1) is 20.2. The van der Waals surface area contributed by atoms with Crippen LogP contribution in [-0.4, -0.2) is 40.6 Å². The Kier molecular flexibility index (Phi) is 6.63. The predicted molar refractivity (Wildman–Crippen MR) is 98.3 cm³/mol. The molecule has 26 heavy (non-hydrogen) atoms. The maximum absolute atomic E-state index is 12.9. The van der Waals surface area contributed by atoms with Crippen LogP contribution < -0.4 is 4.31 Å². The molecule has 2 rings (SSSR count). The number of nitrogens with zero attached hydrogens (tertiary/aromatic N) is 1. The van der Waals surface area contributed by atoms with Crippen LogP contribution in [0.4, 0.5) is 5.69 Å². The molecule has 0 bridgehead atoms. The third kappa shape index (κ3) is 4.35. The first-order valence-corrected chi connectivity index (χ1v) is 10.1. The van der Waals surface area contributed by atoms with Gasteiger partial charge in [0.05, 0.1) is 30.0 Å². The number of halogens is 1. The summed E-state index contributed by atoms with van der Waals surface area (Å²) >= 11 is 7.03. The Morgan fingerprint density at radius 2 is 2.00 bits per heavy atom. The van der Waals surface area contributed by atoms with Crippen molar-refractivity contribution in [1.29, 1.82) is 0 Å². The summed E-state index contributed by atoms with van der Waals surface area (Å²) in [6.45, 7) is 1.22. The minimum atomic E-state index is -4.03. The molecule has 2 aromatic rings. The lowest BCUT2D eigenvalue weighted by Gasteiger charge is -2.23. The number of benzene rings is 1. The zero-order valence-corrected chi connectivity index (χ0v) is 16.4. The zero-order chi connectivity index (χ0) is 19.3. The Hall–Kier alpha value is -2.10. The molecule has 0 unspecified atom stereocenters. The Labute approximate surface area is 160 Å². The van der Waals surface area contributed by atoms with E-state index in [1.165, 1.54) is 24.3 Å². The van der Waals surface area contributed by atoms with E-state index in [4.69, 9.17) is 16.3 Å². The molecule has 0 N–H and O–H groups in total. The van der Waals surface area contributed by atoms with Crippen LogP contribution in [-0.2, 0) is 24.3 Å². The van der Waals surface area contributed by atoms with Gasteiger partial charge in [0.1, 0.15) is 10.8 Å². The lowest BCUT2D eigenvalue weighted by atomic mass is 10.2. The van der Waals surface area contributed by atoms with Crippen molar-refractivity contribution >= 4 is 50.6 Å². The number of hydrogen-bond donors (Lipinski definition) is 0. The second-order valence-corrected chi connectivity index (χ2v) is 8.35. The highest BCUT2D eigenvalue weighted by Gasteiger charge is 2.29. The molecule has 0 aliphatic carbocycles. The Bertz CT molecular complexity index is 895. The molecule has 0 fully saturated rings. The van der Waals surface area contributed by atoms with E-state index in [1.807, 2.05) is 0 Å². The van der Waals surface area contributed by atoms with Crippen molar-refractivity contribution in [2.24, 2.45) is 0 Å². The van der Waals surface area contributed by atoms with Crippen LogP contribution >= 0.6 is 22.9 Å². The Morgan fingerprint density at radius 3 is 2.58 bits per heavy atom. The number of sulfonamides is 1. The van der Waals surface area contributed by atoms with E-state index >= 15 is 0 Å². The third-order valence-corrected chi connectivity index (χ3v) is 6.75. The number of thiophene rings is 1. The average Bonchev–Trinajstić information content (AvgIpc) is 3.15. The van der Waals surface area contributed by atoms with Gasteiger partial charge in [0.25, 0.3) is 10.0 Å². The molecule has 10 heteroatoms. The third-order valence-electron chi connectivity index (χ3n) is 3.27. The lowest BCUT2D eigenvalue weighted by molar-refractivity contribution is -0.138. The Balaban J connectivity index is 2.54. The van der Waals surface area contributed by atoms with Gasteiger partial charge in [-0.2, -0.15) is 0 Å². The van der Waals surface area contributed by atoms with Gasteiger partial charge >= 0.3 is 11.9 Å². The fourth-order valence-corrected chi connectivity index (χ4v) is 4.75. The van der Waals surface area contributed by atoms with Crippen LogP contribution in [0.5, 0.6) is 0 Å². The summed E-state index contributed by atoms with van der Waals surface area (Å²) < 4.78 is 36.3. The van der Waals surface area contributed by atoms with Gasteiger partial charge in [-0.05, 0) is 36.6 Å². The van der Waals surface area contributed by atoms with Gasteiger partial charge in [0, 0.05) is 0 Å². The summed E-state index contributed by atoms with van der Waals surface area (Å²) in [7, 11) is -2.87. The minimum absolute atomic E-state index is 0.00209. The molecule has 0 aliphatic rings. The summed E-state index contributed by atoms with van der Waals surface area (Å²) in [4.78, 5) is 23.8. The van der Waals surface area contributed by atoms with Crippen LogP contribution in [0.25, 0.3) is 0 Å². The molecule has 1 heterocycles. The molecule has 1 aromatic carbocycles. The predicted octanol–water partition coefficient (Wildman–Crippen LogP) is 2.95. The molecule has 0 spiro atoms. The van der Waals surface area contributed by atoms with Gasteiger partial charge in [-0.3, -0.25) is 9.10 Å². The molecule has 140 valence electrons. The summed E-state index contributed by atoms with van der Waals surface area (Å²) in [5.74, 6) is -1.44. The monoisotopic (exact) mass is 417 g/mol. The van der Waals surface area contributed by atoms with Crippen LogP contribution in [0, 0.1) is 0 Å². The van der Waals surface area contributed by atoms with Gasteiger partial charge in [-0.25, -0.2) is 13.2 Å². The molecule has 0 saturated heterocycles. The van der Waals surface area contributed by atoms with Crippen LogP contribution in [0.1, 0.15) is 17.3 Å². The van der Waals surface area contributed by atoms with Gasteiger partial charge in [-0.1, -0.05) is 17.7 Å². The van der Waals surface area contributed by atoms with Crippen molar-refractivity contribution in [2.45, 2.75) is 11.1 Å². The summed E-state index contributed by atoms with van der Waals surface area (Å²) in [5, 5.41) is 1.72. The van der Waals surface area contributed by atoms with E-state index in [-0.39, 0.29) is 27.1 Å². The van der Waals surface area contributed by atoms with Gasteiger partial charge in [0.2, 0.25) is 0 Å². The summed E-state index contributed by atoms with van der Waals surface area (Å²) in [5.41, 5.74) is 0.0958. The number of carbonyl (C=O) groups excluding carboxylic acids is 2. The second-order valence-electron chi connectivity index (χ2n) is 4.90. The van der Waals surface area contributed by atoms with E-state index in [1.54, 1.807) is 18.4 Å². The lowest BCUT2D eigenvalue weighted by Crippen LogP contribution is -2.36. The maximum Gasteiger partial charge on any atom is 0.339 e. The highest BCUT2D eigenvalue weighted by molar-refractivity contribution is 7.94. The normalized spacial score (nSPS) is 11.0. The minimum Gasteiger partial charge on any atom is -0.468 e. The van der Waals surface area contributed by atoms with Crippen LogP contribution in [0.2, 0.25) is 5.02 Å². The van der Waals surface area contributed by atoms with E-state index in [0.717, 1.165) is 22.8 Å². The molecular formula is C16H16ClNO6S2.